The number of carbonyl (C=O) groups excluding carboxylic acids is 2. The first-order valence-corrected chi connectivity index (χ1v) is 14.2. The number of ether oxygens (including phenoxy) is 2. The van der Waals surface area contributed by atoms with Crippen LogP contribution in [0.1, 0.15) is 62.5 Å². The van der Waals surface area contributed by atoms with Crippen LogP contribution in [-0.2, 0) is 22.4 Å². The SMILES string of the molecule is CCOC(=O)C1=C(CSc2nc3c(cc2C#N)CC(C(C)(C)C)CC3)N(C)C(=O)NC1c1ccc(OC)cc1. The van der Waals surface area contributed by atoms with Gasteiger partial charge in [-0.15, -0.1) is 0 Å². The summed E-state index contributed by atoms with van der Waals surface area (Å²) < 4.78 is 10.7. The van der Waals surface area contributed by atoms with Crippen molar-refractivity contribution in [2.24, 2.45) is 11.3 Å². The van der Waals surface area contributed by atoms with E-state index in [2.05, 4.69) is 32.2 Å². The molecule has 2 unspecified atom stereocenters. The van der Waals surface area contributed by atoms with E-state index in [1.807, 2.05) is 18.2 Å². The van der Waals surface area contributed by atoms with Crippen molar-refractivity contribution < 1.29 is 19.1 Å². The summed E-state index contributed by atoms with van der Waals surface area (Å²) in [5, 5.41) is 13.5. The number of aryl methyl sites for hydroxylation is 1. The van der Waals surface area contributed by atoms with Gasteiger partial charge in [0.05, 0.1) is 30.9 Å². The summed E-state index contributed by atoms with van der Waals surface area (Å²) in [6.45, 7) is 8.74. The lowest BCUT2D eigenvalue weighted by Crippen LogP contribution is -2.47. The molecular weight excluding hydrogens is 512 g/mol. The first kappa shape index (κ1) is 28.5. The Kier molecular flexibility index (Phi) is 8.55. The highest BCUT2D eigenvalue weighted by atomic mass is 32.2. The molecule has 0 saturated carbocycles. The number of fused-ring (bicyclic) bond motifs is 1. The molecule has 1 aromatic heterocycles. The highest BCUT2D eigenvalue weighted by molar-refractivity contribution is 7.99. The molecule has 1 aliphatic heterocycles. The molecule has 2 amide bonds. The number of thioether (sulfide) groups is 1. The van der Waals surface area contributed by atoms with Gasteiger partial charge in [-0.2, -0.15) is 5.26 Å². The van der Waals surface area contributed by atoms with E-state index < -0.39 is 12.0 Å². The van der Waals surface area contributed by atoms with Gasteiger partial charge in [-0.25, -0.2) is 14.6 Å². The van der Waals surface area contributed by atoms with Crippen molar-refractivity contribution in [2.45, 2.75) is 58.0 Å². The van der Waals surface area contributed by atoms with Crippen molar-refractivity contribution in [3.8, 4) is 11.8 Å². The highest BCUT2D eigenvalue weighted by Crippen LogP contribution is 2.39. The van der Waals surface area contributed by atoms with E-state index in [1.165, 1.54) is 16.7 Å². The normalized spacial score (nSPS) is 19.2. The van der Waals surface area contributed by atoms with Gasteiger partial charge in [0.1, 0.15) is 16.8 Å². The van der Waals surface area contributed by atoms with Crippen LogP contribution in [0.2, 0.25) is 0 Å². The van der Waals surface area contributed by atoms with E-state index in [-0.39, 0.29) is 23.8 Å². The number of carbonyl (C=O) groups is 2. The number of nitrogens with one attached hydrogen (secondary N) is 1. The summed E-state index contributed by atoms with van der Waals surface area (Å²) in [6.07, 6.45) is 2.84. The Labute approximate surface area is 234 Å². The zero-order valence-electron chi connectivity index (χ0n) is 23.5. The number of pyridine rings is 1. The molecule has 4 rings (SSSR count). The van der Waals surface area contributed by atoms with Gasteiger partial charge in [-0.05, 0) is 66.8 Å². The molecule has 0 spiro atoms. The van der Waals surface area contributed by atoms with E-state index in [0.29, 0.717) is 33.5 Å². The molecular formula is C30H36N4O4S. The van der Waals surface area contributed by atoms with Crippen LogP contribution in [0.4, 0.5) is 4.79 Å². The second-order valence-corrected chi connectivity index (χ2v) is 11.9. The van der Waals surface area contributed by atoms with Crippen molar-refractivity contribution in [3.63, 3.8) is 0 Å². The fourth-order valence-corrected chi connectivity index (χ4v) is 6.20. The van der Waals surface area contributed by atoms with E-state index in [1.54, 1.807) is 33.2 Å². The second kappa shape index (κ2) is 11.7. The summed E-state index contributed by atoms with van der Waals surface area (Å²) in [6, 6.07) is 10.5. The van der Waals surface area contributed by atoms with Crippen molar-refractivity contribution in [1.82, 2.24) is 15.2 Å². The van der Waals surface area contributed by atoms with Crippen molar-refractivity contribution in [1.29, 1.82) is 5.26 Å². The molecule has 1 aliphatic carbocycles. The molecule has 1 N–H and O–H groups in total. The fraction of sp³-hybridized carbons (Fsp3) is 0.467. The molecule has 0 fully saturated rings. The lowest BCUT2D eigenvalue weighted by atomic mass is 9.71. The molecule has 2 heterocycles. The zero-order chi connectivity index (χ0) is 28.3. The van der Waals surface area contributed by atoms with E-state index in [9.17, 15) is 14.9 Å². The molecule has 9 heteroatoms. The number of hydrogen-bond donors (Lipinski definition) is 1. The summed E-state index contributed by atoms with van der Waals surface area (Å²) in [5.74, 6) is 0.994. The fourth-order valence-electron chi connectivity index (χ4n) is 5.14. The molecule has 2 atom stereocenters. The quantitative estimate of drug-likeness (QED) is 0.364. The summed E-state index contributed by atoms with van der Waals surface area (Å²) in [5.41, 5.74) is 4.51. The number of rotatable bonds is 7. The molecule has 39 heavy (non-hydrogen) atoms. The summed E-state index contributed by atoms with van der Waals surface area (Å²) in [7, 11) is 3.21. The number of hydrogen-bond acceptors (Lipinski definition) is 7. The maximum Gasteiger partial charge on any atom is 0.338 e. The first-order chi connectivity index (χ1) is 18.6. The van der Waals surface area contributed by atoms with Crippen LogP contribution in [0.15, 0.2) is 46.6 Å². The number of benzene rings is 1. The van der Waals surface area contributed by atoms with Gasteiger partial charge in [0.2, 0.25) is 0 Å². The van der Waals surface area contributed by atoms with Crippen LogP contribution in [-0.4, -0.2) is 48.4 Å². The molecule has 2 aromatic rings. The molecule has 0 saturated heterocycles. The van der Waals surface area contributed by atoms with Crippen LogP contribution in [0.25, 0.3) is 0 Å². The third-order valence-corrected chi connectivity index (χ3v) is 8.57. The average molecular weight is 549 g/mol. The van der Waals surface area contributed by atoms with E-state index >= 15 is 0 Å². The number of aromatic nitrogens is 1. The topological polar surface area (TPSA) is 105 Å². The minimum atomic E-state index is -0.685. The number of methoxy groups -OCH3 is 1. The second-order valence-electron chi connectivity index (χ2n) is 10.9. The highest BCUT2D eigenvalue weighted by Gasteiger charge is 2.37. The number of nitriles is 1. The minimum Gasteiger partial charge on any atom is -0.497 e. The molecule has 206 valence electrons. The Morgan fingerprint density at radius 2 is 2.00 bits per heavy atom. The van der Waals surface area contributed by atoms with Gasteiger partial charge in [-0.1, -0.05) is 44.7 Å². The Morgan fingerprint density at radius 1 is 1.28 bits per heavy atom. The standard InChI is InChI=1S/C30H36N4O4S/c1-7-38-28(35)25-24(34(5)29(36)33-26(25)18-8-11-22(37-6)12-9-18)17-39-27-20(16-31)14-19-15-21(30(2,3)4)10-13-23(19)32-27/h8-9,11-12,14,21,26H,7,10,13,15,17H2,1-6H3,(H,33,36). The lowest BCUT2D eigenvalue weighted by Gasteiger charge is -2.35. The Morgan fingerprint density at radius 3 is 2.62 bits per heavy atom. The minimum absolute atomic E-state index is 0.195. The molecule has 0 radical (unpaired) electrons. The van der Waals surface area contributed by atoms with Crippen LogP contribution in [0.3, 0.4) is 0 Å². The van der Waals surface area contributed by atoms with Crippen molar-refractivity contribution in [3.05, 3.63) is 64.0 Å². The van der Waals surface area contributed by atoms with Crippen LogP contribution in [0, 0.1) is 22.7 Å². The molecule has 0 bridgehead atoms. The van der Waals surface area contributed by atoms with Crippen LogP contribution >= 0.6 is 11.8 Å². The molecule has 2 aliphatic rings. The third kappa shape index (κ3) is 6.06. The van der Waals surface area contributed by atoms with E-state index in [0.717, 1.165) is 36.1 Å². The van der Waals surface area contributed by atoms with Gasteiger partial charge in [0, 0.05) is 24.2 Å². The van der Waals surface area contributed by atoms with Gasteiger partial charge in [-0.3, -0.25) is 4.90 Å². The number of nitrogens with zero attached hydrogens (tertiary/aromatic N) is 3. The number of esters is 1. The van der Waals surface area contributed by atoms with Crippen molar-refractivity contribution in [2.75, 3.05) is 26.5 Å². The van der Waals surface area contributed by atoms with Gasteiger partial charge >= 0.3 is 12.0 Å². The number of amides is 2. The predicted molar refractivity (Wildman–Crippen MR) is 150 cm³/mol. The first-order valence-electron chi connectivity index (χ1n) is 13.2. The van der Waals surface area contributed by atoms with Gasteiger partial charge < -0.3 is 14.8 Å². The van der Waals surface area contributed by atoms with E-state index in [4.69, 9.17) is 14.5 Å². The summed E-state index contributed by atoms with van der Waals surface area (Å²) >= 11 is 1.36. The predicted octanol–water partition coefficient (Wildman–Crippen LogP) is 5.42. The van der Waals surface area contributed by atoms with Crippen LogP contribution < -0.4 is 10.1 Å². The maximum atomic E-state index is 13.2. The third-order valence-electron chi connectivity index (χ3n) is 7.56. The monoisotopic (exact) mass is 548 g/mol. The smallest absolute Gasteiger partial charge is 0.338 e. The molecule has 1 aromatic carbocycles. The van der Waals surface area contributed by atoms with Crippen LogP contribution in [0.5, 0.6) is 5.75 Å². The Balaban J connectivity index is 1.69. The van der Waals surface area contributed by atoms with Crippen molar-refractivity contribution >= 4 is 23.8 Å². The Bertz CT molecular complexity index is 1320. The van der Waals surface area contributed by atoms with Gasteiger partial charge in [0.25, 0.3) is 0 Å². The lowest BCUT2D eigenvalue weighted by molar-refractivity contribution is -0.139. The average Bonchev–Trinajstić information content (AvgIpc) is 2.92. The number of urea groups is 1. The zero-order valence-corrected chi connectivity index (χ0v) is 24.3. The Hall–Kier alpha value is -3.51. The maximum absolute atomic E-state index is 13.2. The largest absolute Gasteiger partial charge is 0.497 e. The summed E-state index contributed by atoms with van der Waals surface area (Å²) in [4.78, 5) is 32.6. The van der Waals surface area contributed by atoms with Gasteiger partial charge in [0.15, 0.2) is 0 Å². The molecule has 8 nitrogen and oxygen atoms in total.